The van der Waals surface area contributed by atoms with E-state index in [9.17, 15) is 0 Å². The van der Waals surface area contributed by atoms with Gasteiger partial charge in [-0.3, -0.25) is 0 Å². The van der Waals surface area contributed by atoms with E-state index in [1.807, 2.05) is 0 Å². The van der Waals surface area contributed by atoms with Gasteiger partial charge in [-0.1, -0.05) is 91.4 Å². The summed E-state index contributed by atoms with van der Waals surface area (Å²) in [6.07, 6.45) is 16.6. The molecule has 0 aromatic carbocycles. The van der Waals surface area contributed by atoms with Crippen LogP contribution in [0, 0.1) is 5.92 Å². The predicted octanol–water partition coefficient (Wildman–Crippen LogP) is 5.67. The Morgan fingerprint density at radius 2 is 1.17 bits per heavy atom. The van der Waals surface area contributed by atoms with Crippen LogP contribution >= 0.6 is 0 Å². The fourth-order valence-electron chi connectivity index (χ4n) is 2.45. The number of unbranched alkanes of at least 4 members (excludes halogenated alkanes) is 9. The number of rotatable bonds is 13. The Labute approximate surface area is 116 Å². The van der Waals surface area contributed by atoms with Crippen molar-refractivity contribution in [1.82, 2.24) is 0 Å². The maximum atomic E-state index is 6.14. The Balaban J connectivity index is 3.11. The van der Waals surface area contributed by atoms with E-state index in [4.69, 9.17) is 5.73 Å². The van der Waals surface area contributed by atoms with Crippen molar-refractivity contribution in [2.75, 3.05) is 0 Å². The average Bonchev–Trinajstić information content (AvgIpc) is 2.39. The van der Waals surface area contributed by atoms with E-state index in [1.54, 1.807) is 0 Å². The lowest BCUT2D eigenvalue weighted by Gasteiger charge is -2.17. The molecule has 0 spiro atoms. The third-order valence-corrected chi connectivity index (χ3v) is 4.27. The summed E-state index contributed by atoms with van der Waals surface area (Å²) in [5.41, 5.74) is 6.14. The molecule has 0 rings (SSSR count). The molecule has 0 heterocycles. The Morgan fingerprint density at radius 1 is 0.722 bits per heavy atom. The standard InChI is InChI=1S/C17H37N/c1-4-6-7-8-9-10-11-12-13-14-15-17(18)16(3)5-2/h16-17H,4-15,18H2,1-3H3. The van der Waals surface area contributed by atoms with Crippen molar-refractivity contribution in [3.05, 3.63) is 0 Å². The van der Waals surface area contributed by atoms with Gasteiger partial charge >= 0.3 is 0 Å². The molecule has 0 aromatic heterocycles. The van der Waals surface area contributed by atoms with E-state index in [-0.39, 0.29) is 0 Å². The zero-order chi connectivity index (χ0) is 13.6. The van der Waals surface area contributed by atoms with Crippen molar-refractivity contribution >= 4 is 0 Å². The van der Waals surface area contributed by atoms with Crippen LogP contribution in [0.25, 0.3) is 0 Å². The van der Waals surface area contributed by atoms with E-state index in [1.165, 1.54) is 77.0 Å². The van der Waals surface area contributed by atoms with Crippen molar-refractivity contribution in [2.45, 2.75) is 104 Å². The van der Waals surface area contributed by atoms with Gasteiger partial charge in [-0.2, -0.15) is 0 Å². The van der Waals surface area contributed by atoms with Gasteiger partial charge in [0.25, 0.3) is 0 Å². The first-order valence-electron chi connectivity index (χ1n) is 8.47. The fourth-order valence-corrected chi connectivity index (χ4v) is 2.45. The Bertz CT molecular complexity index is 156. The molecule has 110 valence electrons. The minimum absolute atomic E-state index is 0.434. The summed E-state index contributed by atoms with van der Waals surface area (Å²) in [5, 5.41) is 0. The summed E-state index contributed by atoms with van der Waals surface area (Å²) in [6.45, 7) is 6.80. The monoisotopic (exact) mass is 255 g/mol. The highest BCUT2D eigenvalue weighted by molar-refractivity contribution is 4.67. The summed E-state index contributed by atoms with van der Waals surface area (Å²) >= 11 is 0. The normalized spacial score (nSPS) is 14.7. The summed E-state index contributed by atoms with van der Waals surface area (Å²) in [5.74, 6) is 0.698. The number of hydrogen-bond donors (Lipinski definition) is 1. The first-order chi connectivity index (χ1) is 8.72. The molecule has 0 amide bonds. The van der Waals surface area contributed by atoms with Crippen molar-refractivity contribution in [3.8, 4) is 0 Å². The second-order valence-electron chi connectivity index (χ2n) is 6.02. The van der Waals surface area contributed by atoms with Crippen LogP contribution in [0.3, 0.4) is 0 Å². The quantitative estimate of drug-likeness (QED) is 0.421. The molecule has 2 atom stereocenters. The first-order valence-corrected chi connectivity index (χ1v) is 8.47. The molecule has 0 radical (unpaired) electrons. The van der Waals surface area contributed by atoms with Gasteiger partial charge in [0.1, 0.15) is 0 Å². The van der Waals surface area contributed by atoms with E-state index in [0.29, 0.717) is 12.0 Å². The van der Waals surface area contributed by atoms with Gasteiger partial charge < -0.3 is 5.73 Å². The lowest BCUT2D eigenvalue weighted by atomic mass is 9.94. The van der Waals surface area contributed by atoms with E-state index < -0.39 is 0 Å². The third-order valence-electron chi connectivity index (χ3n) is 4.27. The van der Waals surface area contributed by atoms with Gasteiger partial charge in [0.15, 0.2) is 0 Å². The SMILES string of the molecule is CCCCCCCCCCCCC(N)C(C)CC. The van der Waals surface area contributed by atoms with Crippen LogP contribution in [0.1, 0.15) is 97.8 Å². The summed E-state index contributed by atoms with van der Waals surface area (Å²) < 4.78 is 0. The molecule has 0 aromatic rings. The number of hydrogen-bond acceptors (Lipinski definition) is 1. The molecule has 0 bridgehead atoms. The summed E-state index contributed by atoms with van der Waals surface area (Å²) in [7, 11) is 0. The van der Waals surface area contributed by atoms with E-state index in [2.05, 4.69) is 20.8 Å². The van der Waals surface area contributed by atoms with Gasteiger partial charge in [0, 0.05) is 6.04 Å². The highest BCUT2D eigenvalue weighted by atomic mass is 14.6. The topological polar surface area (TPSA) is 26.0 Å². The van der Waals surface area contributed by atoms with Crippen LogP contribution < -0.4 is 5.73 Å². The van der Waals surface area contributed by atoms with Crippen LogP contribution in [-0.4, -0.2) is 6.04 Å². The van der Waals surface area contributed by atoms with Crippen LogP contribution in [0.5, 0.6) is 0 Å². The van der Waals surface area contributed by atoms with Crippen molar-refractivity contribution < 1.29 is 0 Å². The van der Waals surface area contributed by atoms with Gasteiger partial charge in [-0.15, -0.1) is 0 Å². The molecule has 1 heteroatoms. The van der Waals surface area contributed by atoms with Crippen molar-refractivity contribution in [3.63, 3.8) is 0 Å². The molecular weight excluding hydrogens is 218 g/mol. The molecule has 2 unspecified atom stereocenters. The van der Waals surface area contributed by atoms with E-state index >= 15 is 0 Å². The average molecular weight is 255 g/mol. The van der Waals surface area contributed by atoms with Crippen LogP contribution in [0.4, 0.5) is 0 Å². The Kier molecular flexibility index (Phi) is 13.4. The van der Waals surface area contributed by atoms with Gasteiger partial charge in [0.05, 0.1) is 0 Å². The van der Waals surface area contributed by atoms with Gasteiger partial charge in [-0.25, -0.2) is 0 Å². The maximum Gasteiger partial charge on any atom is 0.00644 e. The lowest BCUT2D eigenvalue weighted by Crippen LogP contribution is -2.27. The third kappa shape index (κ3) is 11.1. The molecule has 0 saturated heterocycles. The molecule has 0 aliphatic carbocycles. The highest BCUT2D eigenvalue weighted by Gasteiger charge is 2.09. The molecule has 1 nitrogen and oxygen atoms in total. The molecular formula is C17H37N. The van der Waals surface area contributed by atoms with Crippen molar-refractivity contribution in [1.29, 1.82) is 0 Å². The molecule has 0 aliphatic heterocycles. The van der Waals surface area contributed by atoms with E-state index in [0.717, 1.165) is 0 Å². The van der Waals surface area contributed by atoms with Crippen molar-refractivity contribution in [2.24, 2.45) is 11.7 Å². The Morgan fingerprint density at radius 3 is 1.61 bits per heavy atom. The maximum absolute atomic E-state index is 6.14. The van der Waals surface area contributed by atoms with Gasteiger partial charge in [-0.05, 0) is 12.3 Å². The van der Waals surface area contributed by atoms with Gasteiger partial charge in [0.2, 0.25) is 0 Å². The highest BCUT2D eigenvalue weighted by Crippen LogP contribution is 2.14. The summed E-state index contributed by atoms with van der Waals surface area (Å²) in [6, 6.07) is 0.434. The molecule has 18 heavy (non-hydrogen) atoms. The first kappa shape index (κ1) is 18.0. The van der Waals surface area contributed by atoms with Crippen LogP contribution in [0.15, 0.2) is 0 Å². The minimum atomic E-state index is 0.434. The molecule has 0 saturated carbocycles. The van der Waals surface area contributed by atoms with Crippen LogP contribution in [0.2, 0.25) is 0 Å². The predicted molar refractivity (Wildman–Crippen MR) is 83.9 cm³/mol. The Hall–Kier alpha value is -0.0400. The minimum Gasteiger partial charge on any atom is -0.327 e. The second kappa shape index (κ2) is 13.4. The summed E-state index contributed by atoms with van der Waals surface area (Å²) in [4.78, 5) is 0. The zero-order valence-corrected chi connectivity index (χ0v) is 13.2. The molecule has 0 fully saturated rings. The second-order valence-corrected chi connectivity index (χ2v) is 6.02. The molecule has 0 aliphatic rings. The largest absolute Gasteiger partial charge is 0.327 e. The molecule has 2 N–H and O–H groups in total. The smallest absolute Gasteiger partial charge is 0.00644 e. The zero-order valence-electron chi connectivity index (χ0n) is 13.2. The lowest BCUT2D eigenvalue weighted by molar-refractivity contribution is 0.403. The van der Waals surface area contributed by atoms with Crippen LogP contribution in [-0.2, 0) is 0 Å². The number of nitrogens with two attached hydrogens (primary N) is 1. The fraction of sp³-hybridized carbons (Fsp3) is 1.00.